The summed E-state index contributed by atoms with van der Waals surface area (Å²) < 4.78 is 1.52. The monoisotopic (exact) mass is 359 g/mol. The Hall–Kier alpha value is -3.87. The summed E-state index contributed by atoms with van der Waals surface area (Å²) in [6, 6.07) is 12.3. The number of carbonyl (C=O) groups excluding carboxylic acids is 1. The van der Waals surface area contributed by atoms with E-state index in [1.165, 1.54) is 4.57 Å². The quantitative estimate of drug-likeness (QED) is 0.489. The summed E-state index contributed by atoms with van der Waals surface area (Å²) >= 11 is 0. The predicted molar refractivity (Wildman–Crippen MR) is 106 cm³/mol. The van der Waals surface area contributed by atoms with E-state index < -0.39 is 0 Å². The third-order valence-electron chi connectivity index (χ3n) is 4.41. The van der Waals surface area contributed by atoms with Crippen LogP contribution in [0.3, 0.4) is 0 Å². The van der Waals surface area contributed by atoms with Crippen LogP contribution in [0.4, 0.5) is 11.4 Å². The van der Waals surface area contributed by atoms with Gasteiger partial charge in [0.25, 0.3) is 11.5 Å². The predicted octanol–water partition coefficient (Wildman–Crippen LogP) is 2.76. The molecule has 4 aromatic rings. The average molecular weight is 359 g/mol. The first kappa shape index (κ1) is 16.6. The van der Waals surface area contributed by atoms with Crippen LogP contribution in [-0.2, 0) is 7.05 Å². The summed E-state index contributed by atoms with van der Waals surface area (Å²) in [5.74, 6) is -0.341. The first-order valence-corrected chi connectivity index (χ1v) is 8.33. The second-order valence-electron chi connectivity index (χ2n) is 6.20. The number of nitrogen functional groups attached to an aromatic ring is 1. The van der Waals surface area contributed by atoms with E-state index in [2.05, 4.69) is 15.3 Å². The van der Waals surface area contributed by atoms with E-state index in [0.717, 1.165) is 16.5 Å². The topological polar surface area (TPSA) is 106 Å². The maximum absolute atomic E-state index is 12.4. The zero-order valence-corrected chi connectivity index (χ0v) is 14.6. The van der Waals surface area contributed by atoms with Crippen molar-refractivity contribution in [1.29, 1.82) is 0 Å². The Bertz CT molecular complexity index is 1210. The number of aryl methyl sites for hydroxylation is 1. The molecule has 0 saturated carbocycles. The number of carbonyl (C=O) groups is 1. The molecule has 4 rings (SSSR count). The molecule has 0 bridgehead atoms. The number of H-pyrrole nitrogens is 1. The number of nitrogens with zero attached hydrogens (tertiary/aromatic N) is 2. The van der Waals surface area contributed by atoms with Crippen molar-refractivity contribution in [2.45, 2.75) is 0 Å². The lowest BCUT2D eigenvalue weighted by molar-refractivity contribution is 0.102. The maximum Gasteiger partial charge on any atom is 0.274 e. The number of aromatic nitrogens is 3. The molecule has 0 aliphatic heterocycles. The van der Waals surface area contributed by atoms with Gasteiger partial charge in [0.2, 0.25) is 0 Å². The van der Waals surface area contributed by atoms with Gasteiger partial charge in [0.15, 0.2) is 0 Å². The van der Waals surface area contributed by atoms with Crippen molar-refractivity contribution in [3.05, 3.63) is 77.1 Å². The molecule has 3 heterocycles. The highest BCUT2D eigenvalue weighted by Gasteiger charge is 2.13. The Balaban J connectivity index is 1.66. The van der Waals surface area contributed by atoms with E-state index >= 15 is 0 Å². The molecule has 0 saturated heterocycles. The molecule has 0 atom stereocenters. The Labute approximate surface area is 154 Å². The highest BCUT2D eigenvalue weighted by atomic mass is 16.2. The number of nitrogens with two attached hydrogens (primary N) is 1. The van der Waals surface area contributed by atoms with Crippen molar-refractivity contribution in [2.24, 2.45) is 7.05 Å². The second kappa shape index (κ2) is 6.45. The van der Waals surface area contributed by atoms with Crippen molar-refractivity contribution in [2.75, 3.05) is 11.1 Å². The molecule has 0 fully saturated rings. The van der Waals surface area contributed by atoms with Crippen molar-refractivity contribution < 1.29 is 4.79 Å². The highest BCUT2D eigenvalue weighted by Crippen LogP contribution is 2.26. The van der Waals surface area contributed by atoms with Gasteiger partial charge < -0.3 is 20.6 Å². The third kappa shape index (κ3) is 2.95. The zero-order chi connectivity index (χ0) is 19.0. The van der Waals surface area contributed by atoms with Crippen LogP contribution in [0.1, 0.15) is 10.5 Å². The average Bonchev–Trinajstić information content (AvgIpc) is 3.17. The molecule has 1 aromatic carbocycles. The number of hydrogen-bond donors (Lipinski definition) is 3. The summed E-state index contributed by atoms with van der Waals surface area (Å²) in [4.78, 5) is 31.8. The van der Waals surface area contributed by atoms with Crippen LogP contribution in [0.25, 0.3) is 22.0 Å². The maximum atomic E-state index is 12.4. The Morgan fingerprint density at radius 1 is 1.19 bits per heavy atom. The van der Waals surface area contributed by atoms with Gasteiger partial charge >= 0.3 is 0 Å². The summed E-state index contributed by atoms with van der Waals surface area (Å²) in [6.45, 7) is 0. The fraction of sp³-hybridized carbons (Fsp3) is 0.0500. The van der Waals surface area contributed by atoms with Crippen molar-refractivity contribution in [3.63, 3.8) is 0 Å². The van der Waals surface area contributed by atoms with Crippen LogP contribution in [0.5, 0.6) is 0 Å². The molecule has 0 aliphatic rings. The Morgan fingerprint density at radius 2 is 2.00 bits per heavy atom. The van der Waals surface area contributed by atoms with Gasteiger partial charge in [-0.2, -0.15) is 0 Å². The summed E-state index contributed by atoms with van der Waals surface area (Å²) in [6.07, 6.45) is 5.12. The minimum Gasteiger partial charge on any atom is -0.397 e. The van der Waals surface area contributed by atoms with Crippen LogP contribution in [0.2, 0.25) is 0 Å². The van der Waals surface area contributed by atoms with Crippen LogP contribution in [-0.4, -0.2) is 20.4 Å². The fourth-order valence-electron chi connectivity index (χ4n) is 2.98. The number of para-hydroxylation sites is 2. The van der Waals surface area contributed by atoms with E-state index in [-0.39, 0.29) is 17.2 Å². The smallest absolute Gasteiger partial charge is 0.274 e. The SMILES string of the molecule is Cn1cc(-c2ccc(C(=O)Nc3ccccc3N)nc2)c2cc[nH]c2c1=O. The summed E-state index contributed by atoms with van der Waals surface area (Å²) in [5, 5.41) is 3.56. The zero-order valence-electron chi connectivity index (χ0n) is 14.6. The van der Waals surface area contributed by atoms with Gasteiger partial charge in [0, 0.05) is 42.2 Å². The number of pyridine rings is 2. The molecule has 3 aromatic heterocycles. The molecule has 1 amide bonds. The molecule has 27 heavy (non-hydrogen) atoms. The molecule has 7 nitrogen and oxygen atoms in total. The van der Waals surface area contributed by atoms with E-state index in [1.54, 1.807) is 56.0 Å². The molecule has 0 aliphatic carbocycles. The Morgan fingerprint density at radius 3 is 2.74 bits per heavy atom. The molecule has 0 unspecified atom stereocenters. The van der Waals surface area contributed by atoms with Gasteiger partial charge in [0.1, 0.15) is 11.2 Å². The Kier molecular flexibility index (Phi) is 3.97. The number of rotatable bonds is 3. The lowest BCUT2D eigenvalue weighted by Gasteiger charge is -2.09. The van der Waals surface area contributed by atoms with Crippen LogP contribution >= 0.6 is 0 Å². The number of aromatic amines is 1. The van der Waals surface area contributed by atoms with Crippen LogP contribution < -0.4 is 16.6 Å². The molecular formula is C20H17N5O2. The molecule has 134 valence electrons. The molecular weight excluding hydrogens is 342 g/mol. The van der Waals surface area contributed by atoms with Gasteiger partial charge in [-0.15, -0.1) is 0 Å². The lowest BCUT2D eigenvalue weighted by atomic mass is 10.1. The van der Waals surface area contributed by atoms with Gasteiger partial charge in [0.05, 0.1) is 11.4 Å². The van der Waals surface area contributed by atoms with Gasteiger partial charge in [-0.3, -0.25) is 14.6 Å². The van der Waals surface area contributed by atoms with Crippen LogP contribution in [0, 0.1) is 0 Å². The molecule has 0 radical (unpaired) electrons. The number of benzene rings is 1. The van der Waals surface area contributed by atoms with Gasteiger partial charge in [-0.25, -0.2) is 0 Å². The van der Waals surface area contributed by atoms with Crippen LogP contribution in [0.15, 0.2) is 65.8 Å². The first-order chi connectivity index (χ1) is 13.0. The van der Waals surface area contributed by atoms with Crippen molar-refractivity contribution >= 4 is 28.2 Å². The normalized spacial score (nSPS) is 10.9. The minimum atomic E-state index is -0.341. The molecule has 0 spiro atoms. The first-order valence-electron chi connectivity index (χ1n) is 8.33. The lowest BCUT2D eigenvalue weighted by Crippen LogP contribution is -2.16. The van der Waals surface area contributed by atoms with Crippen molar-refractivity contribution in [3.8, 4) is 11.1 Å². The van der Waals surface area contributed by atoms with Gasteiger partial charge in [-0.05, 0) is 24.3 Å². The number of nitrogens with one attached hydrogen (secondary N) is 2. The standard InChI is InChI=1S/C20H17N5O2/c1-25-11-14(13-8-9-22-18(13)20(25)27)12-6-7-17(23-10-12)19(26)24-16-5-3-2-4-15(16)21/h2-11,22H,21H2,1H3,(H,24,26). The second-order valence-corrected chi connectivity index (χ2v) is 6.20. The molecule has 4 N–H and O–H groups in total. The number of hydrogen-bond acceptors (Lipinski definition) is 4. The van der Waals surface area contributed by atoms with E-state index in [4.69, 9.17) is 5.73 Å². The number of fused-ring (bicyclic) bond motifs is 1. The van der Waals surface area contributed by atoms with Crippen molar-refractivity contribution in [1.82, 2.24) is 14.5 Å². The van der Waals surface area contributed by atoms with E-state index in [0.29, 0.717) is 16.9 Å². The van der Waals surface area contributed by atoms with Gasteiger partial charge in [-0.1, -0.05) is 18.2 Å². The number of amides is 1. The largest absolute Gasteiger partial charge is 0.397 e. The van der Waals surface area contributed by atoms with E-state index in [1.807, 2.05) is 12.1 Å². The summed E-state index contributed by atoms with van der Waals surface area (Å²) in [7, 11) is 1.70. The number of anilines is 2. The minimum absolute atomic E-state index is 0.0943. The highest BCUT2D eigenvalue weighted by molar-refractivity contribution is 6.04. The summed E-state index contributed by atoms with van der Waals surface area (Å²) in [5.41, 5.74) is 9.27. The molecule has 7 heteroatoms. The fourth-order valence-corrected chi connectivity index (χ4v) is 2.98. The third-order valence-corrected chi connectivity index (χ3v) is 4.41. The van der Waals surface area contributed by atoms with E-state index in [9.17, 15) is 9.59 Å².